The van der Waals surface area contributed by atoms with Crippen LogP contribution in [0.25, 0.3) is 0 Å². The van der Waals surface area contributed by atoms with Crippen LogP contribution in [0.15, 0.2) is 0 Å². The summed E-state index contributed by atoms with van der Waals surface area (Å²) in [4.78, 5) is 2.40. The highest BCUT2D eigenvalue weighted by atomic mass is 15.2. The van der Waals surface area contributed by atoms with Crippen LogP contribution in [-0.4, -0.2) is 24.0 Å². The smallest absolute Gasteiger partial charge is 0.0600 e. The van der Waals surface area contributed by atoms with Crippen molar-refractivity contribution in [3.63, 3.8) is 0 Å². The lowest BCUT2D eigenvalue weighted by Crippen LogP contribution is -2.47. The predicted octanol–water partition coefficient (Wildman–Crippen LogP) is 3.94. The lowest BCUT2D eigenvalue weighted by molar-refractivity contribution is 0.0855. The molecule has 0 bridgehead atoms. The summed E-state index contributed by atoms with van der Waals surface area (Å²) in [5, 5.41) is 0. The van der Waals surface area contributed by atoms with Gasteiger partial charge in [0.15, 0.2) is 0 Å². The van der Waals surface area contributed by atoms with Crippen LogP contribution in [0.2, 0.25) is 0 Å². The molecule has 0 spiro atoms. The summed E-state index contributed by atoms with van der Waals surface area (Å²) in [5.41, 5.74) is 0.323. The third kappa shape index (κ3) is 4.58. The summed E-state index contributed by atoms with van der Waals surface area (Å²) < 4.78 is 0. The second-order valence-electron chi connectivity index (χ2n) is 5.38. The minimum Gasteiger partial charge on any atom is -0.290 e. The third-order valence-electron chi connectivity index (χ3n) is 3.36. The molecular formula is C15H29N. The Morgan fingerprint density at radius 3 is 2.00 bits per heavy atom. The molecule has 0 aliphatic rings. The Morgan fingerprint density at radius 2 is 1.69 bits per heavy atom. The summed E-state index contributed by atoms with van der Waals surface area (Å²) in [6.45, 7) is 9.93. The molecule has 0 aliphatic heterocycles. The fourth-order valence-corrected chi connectivity index (χ4v) is 2.86. The quantitative estimate of drug-likeness (QED) is 0.563. The third-order valence-corrected chi connectivity index (χ3v) is 3.36. The largest absolute Gasteiger partial charge is 0.290 e. The van der Waals surface area contributed by atoms with E-state index in [1.54, 1.807) is 0 Å². The van der Waals surface area contributed by atoms with Crippen molar-refractivity contribution < 1.29 is 0 Å². The van der Waals surface area contributed by atoms with E-state index < -0.39 is 0 Å². The van der Waals surface area contributed by atoms with Gasteiger partial charge in [-0.3, -0.25) is 4.90 Å². The molecule has 0 N–H and O–H groups in total. The van der Waals surface area contributed by atoms with Gasteiger partial charge in [-0.25, -0.2) is 0 Å². The first kappa shape index (κ1) is 15.5. The van der Waals surface area contributed by atoms with Crippen molar-refractivity contribution in [3.05, 3.63) is 0 Å². The van der Waals surface area contributed by atoms with E-state index in [-0.39, 0.29) is 0 Å². The van der Waals surface area contributed by atoms with Gasteiger partial charge in [-0.1, -0.05) is 46.5 Å². The molecule has 0 aromatic carbocycles. The van der Waals surface area contributed by atoms with E-state index >= 15 is 0 Å². The fraction of sp³-hybridized carbons (Fsp3) is 0.867. The molecule has 0 aromatic heterocycles. The summed E-state index contributed by atoms with van der Waals surface area (Å²) in [6.07, 6.45) is 11.7. The number of nitrogens with zero attached hydrogens (tertiary/aromatic N) is 1. The van der Waals surface area contributed by atoms with Crippen LogP contribution in [0.5, 0.6) is 0 Å². The van der Waals surface area contributed by atoms with Crippen LogP contribution in [0.1, 0.15) is 59.8 Å². The summed E-state index contributed by atoms with van der Waals surface area (Å²) in [5.74, 6) is 3.52. The van der Waals surface area contributed by atoms with Gasteiger partial charge in [0, 0.05) is 5.54 Å². The Hall–Kier alpha value is -0.480. The molecule has 0 radical (unpaired) electrons. The van der Waals surface area contributed by atoms with Gasteiger partial charge in [0.1, 0.15) is 0 Å². The van der Waals surface area contributed by atoms with Crippen LogP contribution in [0, 0.1) is 18.3 Å². The number of terminal acetylenes is 1. The van der Waals surface area contributed by atoms with Gasteiger partial charge in [-0.2, -0.15) is 0 Å². The molecule has 0 fully saturated rings. The highest BCUT2D eigenvalue weighted by Crippen LogP contribution is 2.32. The van der Waals surface area contributed by atoms with Gasteiger partial charge in [0.2, 0.25) is 0 Å². The Morgan fingerprint density at radius 1 is 1.19 bits per heavy atom. The van der Waals surface area contributed by atoms with Gasteiger partial charge < -0.3 is 0 Å². The van der Waals surface area contributed by atoms with Crippen LogP contribution in [0.4, 0.5) is 0 Å². The van der Waals surface area contributed by atoms with Crippen LogP contribution < -0.4 is 0 Å². The molecule has 0 rings (SSSR count). The zero-order valence-corrected chi connectivity index (χ0v) is 11.8. The highest BCUT2D eigenvalue weighted by Gasteiger charge is 2.32. The minimum atomic E-state index is 0.323. The zero-order valence-electron chi connectivity index (χ0n) is 11.8. The molecule has 0 heterocycles. The van der Waals surface area contributed by atoms with E-state index in [9.17, 15) is 0 Å². The average molecular weight is 223 g/mol. The lowest BCUT2D eigenvalue weighted by Gasteiger charge is -2.43. The molecule has 0 saturated heterocycles. The minimum absolute atomic E-state index is 0.323. The van der Waals surface area contributed by atoms with Gasteiger partial charge in [0.05, 0.1) is 6.54 Å². The average Bonchev–Trinajstić information content (AvgIpc) is 2.17. The Labute approximate surface area is 103 Å². The molecule has 1 heteroatoms. The normalized spacial score (nSPS) is 12.1. The van der Waals surface area contributed by atoms with Crippen molar-refractivity contribution in [1.82, 2.24) is 4.90 Å². The maximum absolute atomic E-state index is 5.46. The first-order chi connectivity index (χ1) is 7.52. The number of hydrogen-bond acceptors (Lipinski definition) is 1. The second kappa shape index (κ2) is 7.74. The van der Waals surface area contributed by atoms with Crippen molar-refractivity contribution in [2.45, 2.75) is 65.3 Å². The molecule has 0 aliphatic carbocycles. The molecule has 0 saturated carbocycles. The van der Waals surface area contributed by atoms with Crippen molar-refractivity contribution in [1.29, 1.82) is 0 Å². The van der Waals surface area contributed by atoms with E-state index in [0.29, 0.717) is 5.54 Å². The Balaban J connectivity index is 4.83. The van der Waals surface area contributed by atoms with Gasteiger partial charge in [-0.15, -0.1) is 6.42 Å². The first-order valence-electron chi connectivity index (χ1n) is 6.67. The summed E-state index contributed by atoms with van der Waals surface area (Å²) in [7, 11) is 2.19. The van der Waals surface area contributed by atoms with Crippen LogP contribution in [0.3, 0.4) is 0 Å². The van der Waals surface area contributed by atoms with Gasteiger partial charge >= 0.3 is 0 Å². The Kier molecular flexibility index (Phi) is 7.51. The molecule has 1 nitrogen and oxygen atoms in total. The highest BCUT2D eigenvalue weighted by molar-refractivity contribution is 4.96. The lowest BCUT2D eigenvalue weighted by atomic mass is 9.80. The van der Waals surface area contributed by atoms with E-state index in [2.05, 4.69) is 45.6 Å². The number of rotatable bonds is 8. The molecular weight excluding hydrogens is 194 g/mol. The van der Waals surface area contributed by atoms with Crippen molar-refractivity contribution in [2.75, 3.05) is 13.6 Å². The maximum Gasteiger partial charge on any atom is 0.0600 e. The zero-order chi connectivity index (χ0) is 12.6. The molecule has 0 amide bonds. The monoisotopic (exact) mass is 223 g/mol. The van der Waals surface area contributed by atoms with E-state index in [1.165, 1.54) is 32.1 Å². The second-order valence-corrected chi connectivity index (χ2v) is 5.38. The van der Waals surface area contributed by atoms with Crippen molar-refractivity contribution in [2.24, 2.45) is 5.92 Å². The Bertz CT molecular complexity index is 206. The van der Waals surface area contributed by atoms with E-state index in [4.69, 9.17) is 6.42 Å². The van der Waals surface area contributed by atoms with Gasteiger partial charge in [-0.05, 0) is 32.2 Å². The molecule has 16 heavy (non-hydrogen) atoms. The van der Waals surface area contributed by atoms with Crippen LogP contribution in [-0.2, 0) is 0 Å². The topological polar surface area (TPSA) is 3.24 Å². The predicted molar refractivity (Wildman–Crippen MR) is 73.5 cm³/mol. The summed E-state index contributed by atoms with van der Waals surface area (Å²) in [6, 6.07) is 0. The molecule has 0 atom stereocenters. The van der Waals surface area contributed by atoms with Gasteiger partial charge in [0.25, 0.3) is 0 Å². The van der Waals surface area contributed by atoms with Crippen molar-refractivity contribution >= 4 is 0 Å². The van der Waals surface area contributed by atoms with E-state index in [1.807, 2.05) is 0 Å². The maximum atomic E-state index is 5.46. The standard InChI is InChI=1S/C15H29N/c1-7-10-15(11-8-2,13-14(4)5)16(6)12-9-3/h3,14H,7-8,10-13H2,1-2,4-6H3. The molecule has 94 valence electrons. The first-order valence-corrected chi connectivity index (χ1v) is 6.67. The fourth-order valence-electron chi connectivity index (χ4n) is 2.86. The molecule has 0 unspecified atom stereocenters. The SMILES string of the molecule is C#CCN(C)C(CCC)(CCC)CC(C)C. The summed E-state index contributed by atoms with van der Waals surface area (Å²) >= 11 is 0. The van der Waals surface area contributed by atoms with Crippen molar-refractivity contribution in [3.8, 4) is 12.3 Å². The van der Waals surface area contributed by atoms with Crippen LogP contribution >= 0.6 is 0 Å². The number of hydrogen-bond donors (Lipinski definition) is 0. The van der Waals surface area contributed by atoms with E-state index in [0.717, 1.165) is 12.5 Å². The molecule has 0 aromatic rings.